The van der Waals surface area contributed by atoms with Crippen LogP contribution < -0.4 is 51.4 Å². The summed E-state index contributed by atoms with van der Waals surface area (Å²) < 4.78 is 0. The Morgan fingerprint density at radius 3 is 2.08 bits per heavy atom. The van der Waals surface area contributed by atoms with E-state index >= 15 is 0 Å². The minimum absolute atomic E-state index is 0. The Morgan fingerprint density at radius 2 is 1.56 bits per heavy atom. The number of H-pyrrole nitrogens is 1. The van der Waals surface area contributed by atoms with Crippen molar-refractivity contribution in [2.45, 2.75) is 0 Å². The molecule has 4 N–H and O–H groups in total. The number of carbonyl (C=O) groups is 5. The van der Waals surface area contributed by atoms with Gasteiger partial charge in [-0.15, -0.1) is 0 Å². The number of carbonyl (C=O) groups excluding carboxylic acids is 2. The van der Waals surface area contributed by atoms with Gasteiger partial charge in [-0.25, -0.2) is 19.4 Å². The van der Waals surface area contributed by atoms with Crippen LogP contribution in [0.4, 0.5) is 0 Å². The maximum absolute atomic E-state index is 12.1. The molecule has 1 aliphatic carbocycles. The average Bonchev–Trinajstić information content (AvgIpc) is 2.96. The number of pyridine rings is 1. The number of carboxylic acid groups (broad SMARTS) is 3. The van der Waals surface area contributed by atoms with Crippen molar-refractivity contribution in [3.05, 3.63) is 40.3 Å². The van der Waals surface area contributed by atoms with E-state index in [0.717, 1.165) is 12.1 Å². The van der Waals surface area contributed by atoms with Gasteiger partial charge in [-0.2, -0.15) is 0 Å². The van der Waals surface area contributed by atoms with Crippen LogP contribution in [0.3, 0.4) is 0 Å². The van der Waals surface area contributed by atoms with Gasteiger partial charge < -0.3 is 20.3 Å². The number of aromatic nitrogens is 2. The molecule has 0 atom stereocenters. The largest absolute Gasteiger partial charge is 1.00 e. The third-order valence-corrected chi connectivity index (χ3v) is 3.43. The van der Waals surface area contributed by atoms with Gasteiger partial charge in [0.1, 0.15) is 17.1 Å². The fourth-order valence-electron chi connectivity index (χ4n) is 2.42. The number of rotatable bonds is 3. The summed E-state index contributed by atoms with van der Waals surface area (Å²) in [6.45, 7) is 0. The third-order valence-electron chi connectivity index (χ3n) is 3.43. The van der Waals surface area contributed by atoms with E-state index in [4.69, 9.17) is 10.2 Å². The Morgan fingerprint density at radius 1 is 0.920 bits per heavy atom. The molecule has 25 heavy (non-hydrogen) atoms. The molecule has 1 aliphatic rings. The summed E-state index contributed by atoms with van der Waals surface area (Å²) in [5, 5.41) is 27.3. The van der Waals surface area contributed by atoms with E-state index in [1.807, 2.05) is 0 Å². The summed E-state index contributed by atoms with van der Waals surface area (Å²) in [5.41, 5.74) is -3.21. The summed E-state index contributed by atoms with van der Waals surface area (Å²) in [6, 6.07) is 1.65. The standard InChI is InChI=1S/C14H6N2O8.K/c17-10-4-2-6(14(23)24)15-8(4)7-3(12(19)20)1-5(13(21)22)16-9(7)11(10)18;/h1-2,15H,(H,19,20)(H,21,22)(H,23,24);/q;+1. The van der Waals surface area contributed by atoms with Crippen LogP contribution in [0.25, 0.3) is 11.3 Å². The zero-order valence-electron chi connectivity index (χ0n) is 12.5. The smallest absolute Gasteiger partial charge is 0.478 e. The monoisotopic (exact) mass is 369 g/mol. The minimum Gasteiger partial charge on any atom is -0.478 e. The number of hydrogen-bond acceptors (Lipinski definition) is 6. The molecule has 0 saturated heterocycles. The van der Waals surface area contributed by atoms with Crippen molar-refractivity contribution in [3.8, 4) is 11.3 Å². The van der Waals surface area contributed by atoms with Gasteiger partial charge in [0.05, 0.1) is 16.8 Å². The second kappa shape index (κ2) is 6.61. The summed E-state index contributed by atoms with van der Waals surface area (Å²) in [7, 11) is 0. The van der Waals surface area contributed by atoms with Crippen LogP contribution in [0.15, 0.2) is 12.1 Å². The van der Waals surface area contributed by atoms with Gasteiger partial charge in [0.15, 0.2) is 0 Å². The van der Waals surface area contributed by atoms with Crippen molar-refractivity contribution < 1.29 is 90.7 Å². The predicted octanol–water partition coefficient (Wildman–Crippen LogP) is -2.45. The Balaban J connectivity index is 0.00000225. The fraction of sp³-hybridized carbons (Fsp3) is 0. The van der Waals surface area contributed by atoms with Crippen molar-refractivity contribution in [2.24, 2.45) is 0 Å². The summed E-state index contributed by atoms with van der Waals surface area (Å²) in [5.74, 6) is -6.87. The van der Waals surface area contributed by atoms with Crippen molar-refractivity contribution in [1.82, 2.24) is 9.97 Å². The number of aromatic carboxylic acids is 3. The van der Waals surface area contributed by atoms with Crippen molar-refractivity contribution in [1.29, 1.82) is 0 Å². The number of aromatic amines is 1. The summed E-state index contributed by atoms with van der Waals surface area (Å²) in [6.07, 6.45) is 0. The quantitative estimate of drug-likeness (QED) is 0.338. The molecule has 0 fully saturated rings. The number of ketones is 2. The SMILES string of the molecule is O=C(O)c1cc(C(=O)O)c2c(n1)C(=O)C(=O)c1cc(C(=O)O)[nH]c1-2.[K+]. The molecule has 120 valence electrons. The molecule has 2 aromatic heterocycles. The maximum Gasteiger partial charge on any atom is 1.00 e. The minimum atomic E-state index is -1.58. The van der Waals surface area contributed by atoms with Crippen LogP contribution in [0.5, 0.6) is 0 Å². The normalized spacial score (nSPS) is 12.0. The Labute approximate surface area is 180 Å². The Bertz CT molecular complexity index is 991. The molecule has 0 amide bonds. The number of carboxylic acids is 3. The number of nitrogens with one attached hydrogen (secondary N) is 1. The number of fused-ring (bicyclic) bond motifs is 3. The van der Waals surface area contributed by atoms with Crippen LogP contribution >= 0.6 is 0 Å². The molecule has 3 rings (SSSR count). The molecule has 10 nitrogen and oxygen atoms in total. The molecule has 0 saturated carbocycles. The maximum atomic E-state index is 12.1. The third kappa shape index (κ3) is 2.96. The van der Waals surface area contributed by atoms with Gasteiger partial charge in [-0.3, -0.25) is 9.59 Å². The van der Waals surface area contributed by atoms with Crippen LogP contribution in [0, 0.1) is 0 Å². The molecule has 0 bridgehead atoms. The van der Waals surface area contributed by atoms with E-state index in [-0.39, 0.29) is 68.2 Å². The van der Waals surface area contributed by atoms with Crippen LogP contribution in [-0.2, 0) is 0 Å². The molecule has 0 unspecified atom stereocenters. The van der Waals surface area contributed by atoms with Crippen molar-refractivity contribution >= 4 is 29.5 Å². The van der Waals surface area contributed by atoms with E-state index in [1.165, 1.54) is 0 Å². The topological polar surface area (TPSA) is 175 Å². The zero-order valence-corrected chi connectivity index (χ0v) is 15.6. The van der Waals surface area contributed by atoms with E-state index in [9.17, 15) is 29.1 Å². The molecule has 2 heterocycles. The van der Waals surface area contributed by atoms with E-state index in [2.05, 4.69) is 9.97 Å². The second-order valence-corrected chi connectivity index (χ2v) is 4.82. The fourth-order valence-corrected chi connectivity index (χ4v) is 2.42. The first kappa shape index (κ1) is 19.1. The van der Waals surface area contributed by atoms with E-state index in [1.54, 1.807) is 0 Å². The van der Waals surface area contributed by atoms with Gasteiger partial charge in [-0.1, -0.05) is 0 Å². The predicted molar refractivity (Wildman–Crippen MR) is 73.6 cm³/mol. The molecular formula is C14H6KN2O8+. The van der Waals surface area contributed by atoms with Gasteiger partial charge in [0.25, 0.3) is 5.78 Å². The summed E-state index contributed by atoms with van der Waals surface area (Å²) >= 11 is 0. The average molecular weight is 369 g/mol. The first-order valence-electron chi connectivity index (χ1n) is 6.29. The molecule has 2 aromatic rings. The van der Waals surface area contributed by atoms with Crippen LogP contribution in [0.1, 0.15) is 52.2 Å². The molecule has 0 aromatic carbocycles. The van der Waals surface area contributed by atoms with Crippen LogP contribution in [0.2, 0.25) is 0 Å². The number of hydrogen-bond donors (Lipinski definition) is 4. The second-order valence-electron chi connectivity index (χ2n) is 4.82. The zero-order chi connectivity index (χ0) is 17.8. The first-order chi connectivity index (χ1) is 11.2. The molecule has 0 radical (unpaired) electrons. The van der Waals surface area contributed by atoms with Crippen molar-refractivity contribution in [3.63, 3.8) is 0 Å². The van der Waals surface area contributed by atoms with Crippen LogP contribution in [-0.4, -0.2) is 54.8 Å². The molecule has 11 heteroatoms. The van der Waals surface area contributed by atoms with E-state index < -0.39 is 52.1 Å². The Kier molecular flexibility index (Phi) is 5.06. The van der Waals surface area contributed by atoms with Gasteiger partial charge >= 0.3 is 69.3 Å². The molecular weight excluding hydrogens is 363 g/mol. The molecule has 0 aliphatic heterocycles. The van der Waals surface area contributed by atoms with Crippen molar-refractivity contribution in [2.75, 3.05) is 0 Å². The summed E-state index contributed by atoms with van der Waals surface area (Å²) in [4.78, 5) is 63.7. The van der Waals surface area contributed by atoms with Gasteiger partial charge in [0.2, 0.25) is 5.78 Å². The van der Waals surface area contributed by atoms with E-state index in [0.29, 0.717) is 0 Å². The van der Waals surface area contributed by atoms with Gasteiger partial charge in [0, 0.05) is 5.56 Å². The Hall–Kier alpha value is -2.18. The molecule has 0 spiro atoms. The first-order valence-corrected chi connectivity index (χ1v) is 6.29. The number of nitrogens with zero attached hydrogens (tertiary/aromatic N) is 1. The number of Topliss-reactive ketones (excluding diaryl/α,β-unsaturated/α-hetero) is 2. The van der Waals surface area contributed by atoms with Gasteiger partial charge in [-0.05, 0) is 12.1 Å².